The Kier molecular flexibility index (Phi) is 5.67. The maximum Gasteiger partial charge on any atom is 0.326 e. The van der Waals surface area contributed by atoms with Gasteiger partial charge in [-0.1, -0.05) is 6.42 Å². The van der Waals surface area contributed by atoms with E-state index in [1.165, 1.54) is 25.3 Å². The van der Waals surface area contributed by atoms with Gasteiger partial charge in [0, 0.05) is 12.1 Å². The molecule has 0 radical (unpaired) electrons. The van der Waals surface area contributed by atoms with E-state index in [9.17, 15) is 18.3 Å². The molecule has 1 aliphatic carbocycles. The number of piperidine rings is 1. The van der Waals surface area contributed by atoms with Crippen LogP contribution in [0.3, 0.4) is 0 Å². The third kappa shape index (κ3) is 4.19. The Morgan fingerprint density at radius 3 is 2.83 bits per heavy atom. The molecule has 2 unspecified atom stereocenters. The van der Waals surface area contributed by atoms with Gasteiger partial charge in [-0.2, -0.15) is 8.42 Å². The van der Waals surface area contributed by atoms with Crippen molar-refractivity contribution in [1.82, 2.24) is 15.4 Å². The number of carbonyl (C=O) groups excluding carboxylic acids is 1. The Bertz CT molecular complexity index is 902. The third-order valence-corrected chi connectivity index (χ3v) is 7.41. The van der Waals surface area contributed by atoms with Gasteiger partial charge < -0.3 is 15.7 Å². The van der Waals surface area contributed by atoms with Crippen molar-refractivity contribution in [3.63, 3.8) is 0 Å². The number of phenols is 1. The molecule has 8 nitrogen and oxygen atoms in total. The number of hydrogen-bond donors (Lipinski definition) is 4. The van der Waals surface area contributed by atoms with Crippen molar-refractivity contribution in [3.8, 4) is 5.75 Å². The lowest BCUT2D eigenvalue weighted by Gasteiger charge is -2.29. The predicted octanol–water partition coefficient (Wildman–Crippen LogP) is 0.691. The molecule has 0 saturated carbocycles. The second-order valence-corrected chi connectivity index (χ2v) is 9.66. The van der Waals surface area contributed by atoms with Gasteiger partial charge in [-0.15, -0.1) is 0 Å². The van der Waals surface area contributed by atoms with Gasteiger partial charge in [0.15, 0.2) is 5.82 Å². The summed E-state index contributed by atoms with van der Waals surface area (Å²) in [7, 11) is -4.19. The minimum absolute atomic E-state index is 0.0907. The monoisotopic (exact) mass is 426 g/mol. The van der Waals surface area contributed by atoms with Crippen LogP contribution in [-0.4, -0.2) is 51.1 Å². The minimum atomic E-state index is -4.19. The van der Waals surface area contributed by atoms with Crippen LogP contribution in [-0.2, 0) is 27.8 Å². The molecule has 29 heavy (non-hydrogen) atoms. The number of aryl methyl sites for hydroxylation is 1. The molecule has 1 amide bonds. The molecule has 2 atom stereocenters. The van der Waals surface area contributed by atoms with Crippen molar-refractivity contribution in [2.45, 2.75) is 57.0 Å². The molecule has 10 heteroatoms. The quantitative estimate of drug-likeness (QED) is 0.552. The van der Waals surface area contributed by atoms with Gasteiger partial charge >= 0.3 is 10.2 Å². The number of amides is 1. The second-order valence-electron chi connectivity index (χ2n) is 8.06. The smallest absolute Gasteiger partial charge is 0.326 e. The van der Waals surface area contributed by atoms with E-state index in [2.05, 4.69) is 10.6 Å². The first kappa shape index (κ1) is 20.4. The van der Waals surface area contributed by atoms with Crippen LogP contribution in [0.1, 0.15) is 43.2 Å². The molecule has 2 fully saturated rings. The number of nitrogens with one attached hydrogen (secondary N) is 3. The maximum atomic E-state index is 15.3. The molecule has 2 saturated heterocycles. The number of aromatic hydroxyl groups is 1. The summed E-state index contributed by atoms with van der Waals surface area (Å²) in [6.45, 7) is 1.36. The predicted molar refractivity (Wildman–Crippen MR) is 107 cm³/mol. The minimum Gasteiger partial charge on any atom is -0.506 e. The molecule has 4 rings (SSSR count). The van der Waals surface area contributed by atoms with E-state index in [4.69, 9.17) is 0 Å². The van der Waals surface area contributed by atoms with Crippen molar-refractivity contribution in [2.75, 3.05) is 23.9 Å². The molecule has 2 heterocycles. The van der Waals surface area contributed by atoms with E-state index >= 15 is 4.39 Å². The van der Waals surface area contributed by atoms with Gasteiger partial charge in [-0.3, -0.25) is 4.79 Å². The number of hydrogen-bond acceptors (Lipinski definition) is 6. The van der Waals surface area contributed by atoms with E-state index in [-0.39, 0.29) is 6.04 Å². The summed E-state index contributed by atoms with van der Waals surface area (Å²) < 4.78 is 41.9. The summed E-state index contributed by atoms with van der Waals surface area (Å²) in [6.07, 6.45) is 6.53. The largest absolute Gasteiger partial charge is 0.506 e. The zero-order valence-corrected chi connectivity index (χ0v) is 17.0. The molecular formula is C19H27FN4O4S. The topological polar surface area (TPSA) is 111 Å². The Balaban J connectivity index is 1.48. The summed E-state index contributed by atoms with van der Waals surface area (Å²) in [4.78, 5) is 11.5. The molecule has 1 aromatic rings. The number of anilines is 1. The van der Waals surface area contributed by atoms with Crippen LogP contribution in [0.5, 0.6) is 5.75 Å². The summed E-state index contributed by atoms with van der Waals surface area (Å²) in [5, 5.41) is 17.3. The number of carbonyl (C=O) groups is 1. The molecule has 0 spiro atoms. The Hall–Kier alpha value is -1.91. The van der Waals surface area contributed by atoms with Crippen LogP contribution in [0.2, 0.25) is 0 Å². The summed E-state index contributed by atoms with van der Waals surface area (Å²) in [5.74, 6) is -1.98. The van der Waals surface area contributed by atoms with Crippen LogP contribution in [0, 0.1) is 5.82 Å². The van der Waals surface area contributed by atoms with Crippen molar-refractivity contribution in [1.29, 1.82) is 0 Å². The number of fused-ring (bicyclic) bond motifs is 1. The lowest BCUT2D eigenvalue weighted by atomic mass is 9.87. The van der Waals surface area contributed by atoms with E-state index < -0.39 is 39.9 Å². The van der Waals surface area contributed by atoms with E-state index in [0.717, 1.165) is 25.9 Å². The van der Waals surface area contributed by atoms with Gasteiger partial charge in [-0.05, 0) is 68.8 Å². The molecule has 0 aromatic heterocycles. The van der Waals surface area contributed by atoms with Crippen molar-refractivity contribution < 1.29 is 22.7 Å². The summed E-state index contributed by atoms with van der Waals surface area (Å²) in [6, 6.07) is 2.04. The molecule has 160 valence electrons. The Morgan fingerprint density at radius 1 is 1.31 bits per heavy atom. The van der Waals surface area contributed by atoms with Gasteiger partial charge in [-0.25, -0.2) is 13.4 Å². The number of phenolic OH excluding ortho intramolecular Hbond substituents is 1. The van der Waals surface area contributed by atoms with Crippen molar-refractivity contribution in [2.24, 2.45) is 0 Å². The Labute approximate surface area is 170 Å². The van der Waals surface area contributed by atoms with Crippen LogP contribution in [0.4, 0.5) is 10.1 Å². The SMILES string of the molecule is O=C1CN(c2c(O)cc3c(c2F)CC(NCCC2CCCCN2)CC3)S(=O)(=O)N1. The fourth-order valence-corrected chi connectivity index (χ4v) is 5.69. The lowest BCUT2D eigenvalue weighted by Crippen LogP contribution is -2.40. The van der Waals surface area contributed by atoms with Gasteiger partial charge in [0.2, 0.25) is 0 Å². The molecule has 0 bridgehead atoms. The van der Waals surface area contributed by atoms with E-state index in [0.29, 0.717) is 34.3 Å². The first-order chi connectivity index (χ1) is 13.8. The second kappa shape index (κ2) is 8.08. The first-order valence-corrected chi connectivity index (χ1v) is 11.6. The number of halogens is 1. The normalized spacial score (nSPS) is 26.2. The van der Waals surface area contributed by atoms with Gasteiger partial charge in [0.25, 0.3) is 5.91 Å². The van der Waals surface area contributed by atoms with Crippen molar-refractivity contribution >= 4 is 21.8 Å². The fourth-order valence-electron chi connectivity index (χ4n) is 4.53. The molecule has 3 aliphatic rings. The number of nitrogens with zero attached hydrogens (tertiary/aromatic N) is 1. The molecule has 2 aliphatic heterocycles. The molecule has 1 aromatic carbocycles. The van der Waals surface area contributed by atoms with Crippen molar-refractivity contribution in [3.05, 3.63) is 23.0 Å². The van der Waals surface area contributed by atoms with Crippen LogP contribution in [0.25, 0.3) is 0 Å². The van der Waals surface area contributed by atoms with Crippen LogP contribution >= 0.6 is 0 Å². The molecular weight excluding hydrogens is 399 g/mol. The van der Waals surface area contributed by atoms with Gasteiger partial charge in [0.05, 0.1) is 0 Å². The molecule has 4 N–H and O–H groups in total. The zero-order valence-electron chi connectivity index (χ0n) is 16.2. The highest BCUT2D eigenvalue weighted by Crippen LogP contribution is 2.39. The average molecular weight is 427 g/mol. The lowest BCUT2D eigenvalue weighted by molar-refractivity contribution is -0.117. The number of rotatable bonds is 5. The van der Waals surface area contributed by atoms with Crippen LogP contribution in [0.15, 0.2) is 6.07 Å². The third-order valence-electron chi connectivity index (χ3n) is 6.03. The standard InChI is InChI=1S/C19H27FN4O4S/c20-18-15-10-14(22-8-6-13-3-1-2-7-21-13)5-4-12(15)9-16(25)19(18)24-11-17(26)23-29(24,27)28/h9,13-14,21-22,25H,1-8,10-11H2,(H,23,26). The highest BCUT2D eigenvalue weighted by Gasteiger charge is 2.39. The van der Waals surface area contributed by atoms with Gasteiger partial charge in [0.1, 0.15) is 18.0 Å². The number of benzene rings is 1. The highest BCUT2D eigenvalue weighted by atomic mass is 32.2. The maximum absolute atomic E-state index is 15.3. The highest BCUT2D eigenvalue weighted by molar-refractivity contribution is 7.92. The summed E-state index contributed by atoms with van der Waals surface area (Å²) >= 11 is 0. The van der Waals surface area contributed by atoms with Crippen LogP contribution < -0.4 is 19.7 Å². The fraction of sp³-hybridized carbons (Fsp3) is 0.632. The zero-order chi connectivity index (χ0) is 20.6. The average Bonchev–Trinajstić information content (AvgIpc) is 2.95. The Morgan fingerprint density at radius 2 is 2.14 bits per heavy atom. The van der Waals surface area contributed by atoms with E-state index in [1.54, 1.807) is 0 Å². The first-order valence-electron chi connectivity index (χ1n) is 10.2. The van der Waals surface area contributed by atoms with E-state index in [1.807, 2.05) is 4.72 Å². The summed E-state index contributed by atoms with van der Waals surface area (Å²) in [5.41, 5.74) is 0.646.